The number of piperidine rings is 1. The van der Waals surface area contributed by atoms with Crippen LogP contribution in [-0.4, -0.2) is 51.6 Å². The van der Waals surface area contributed by atoms with Gasteiger partial charge in [-0.05, 0) is 32.4 Å². The molecule has 0 aromatic carbocycles. The van der Waals surface area contributed by atoms with Gasteiger partial charge in [-0.2, -0.15) is 0 Å². The van der Waals surface area contributed by atoms with Crippen LogP contribution >= 0.6 is 0 Å². The molecule has 0 unspecified atom stereocenters. The van der Waals surface area contributed by atoms with Gasteiger partial charge in [-0.3, -0.25) is 4.79 Å². The van der Waals surface area contributed by atoms with E-state index in [0.29, 0.717) is 32.3 Å². The molecule has 1 saturated heterocycles. The van der Waals surface area contributed by atoms with Crippen molar-refractivity contribution in [1.82, 2.24) is 5.32 Å². The number of carbonyl (C=O) groups is 1. The zero-order valence-corrected chi connectivity index (χ0v) is 11.3. The number of esters is 1. The van der Waals surface area contributed by atoms with Gasteiger partial charge in [-0.15, -0.1) is 0 Å². The highest BCUT2D eigenvalue weighted by molar-refractivity contribution is 5.69. The summed E-state index contributed by atoms with van der Waals surface area (Å²) in [4.78, 5) is 11.3. The summed E-state index contributed by atoms with van der Waals surface area (Å²) in [6, 6.07) is 0. The van der Waals surface area contributed by atoms with Crippen molar-refractivity contribution in [1.29, 1.82) is 0 Å². The van der Waals surface area contributed by atoms with Crippen molar-refractivity contribution in [3.8, 4) is 0 Å². The minimum atomic E-state index is -0.205. The third kappa shape index (κ3) is 7.63. The molecule has 1 rings (SSSR count). The molecule has 0 radical (unpaired) electrons. The van der Waals surface area contributed by atoms with Crippen LogP contribution in [0.25, 0.3) is 0 Å². The maximum absolute atomic E-state index is 11.3. The number of nitrogens with one attached hydrogen (secondary N) is 1. The molecular formula is C13H25NO4. The summed E-state index contributed by atoms with van der Waals surface area (Å²) >= 11 is 0. The average Bonchev–Trinajstić information content (AvgIpc) is 2.40. The van der Waals surface area contributed by atoms with Crippen LogP contribution in [-0.2, 0) is 19.0 Å². The Bertz CT molecular complexity index is 217. The molecule has 1 aliphatic rings. The van der Waals surface area contributed by atoms with E-state index in [1.807, 2.05) is 6.92 Å². The maximum atomic E-state index is 11.3. The highest BCUT2D eigenvalue weighted by Gasteiger charge is 2.13. The molecule has 5 nitrogen and oxygen atoms in total. The quantitative estimate of drug-likeness (QED) is 0.496. The van der Waals surface area contributed by atoms with Crippen molar-refractivity contribution in [2.24, 2.45) is 0 Å². The van der Waals surface area contributed by atoms with Gasteiger partial charge in [0.1, 0.15) is 6.61 Å². The summed E-state index contributed by atoms with van der Waals surface area (Å²) in [6.07, 6.45) is 3.67. The summed E-state index contributed by atoms with van der Waals surface area (Å²) in [6.45, 7) is 6.05. The van der Waals surface area contributed by atoms with Gasteiger partial charge in [0.15, 0.2) is 0 Å². The molecule has 0 aromatic rings. The third-order valence-corrected chi connectivity index (χ3v) is 2.79. The van der Waals surface area contributed by atoms with Gasteiger partial charge in [-0.25, -0.2) is 0 Å². The zero-order chi connectivity index (χ0) is 13.1. The molecule has 106 valence electrons. The van der Waals surface area contributed by atoms with Crippen LogP contribution in [0.2, 0.25) is 0 Å². The minimum absolute atomic E-state index is 0.205. The van der Waals surface area contributed by atoms with E-state index < -0.39 is 0 Å². The predicted octanol–water partition coefficient (Wildman–Crippen LogP) is 1.11. The number of hydrogen-bond donors (Lipinski definition) is 1. The first-order valence-electron chi connectivity index (χ1n) is 6.88. The Labute approximate surface area is 109 Å². The van der Waals surface area contributed by atoms with E-state index in [-0.39, 0.29) is 5.97 Å². The van der Waals surface area contributed by atoms with E-state index in [1.165, 1.54) is 0 Å². The lowest BCUT2D eigenvalue weighted by Gasteiger charge is -2.22. The molecule has 0 aliphatic carbocycles. The third-order valence-electron chi connectivity index (χ3n) is 2.79. The molecule has 1 heterocycles. The Hall–Kier alpha value is -0.650. The lowest BCUT2D eigenvalue weighted by Crippen LogP contribution is -2.32. The Kier molecular flexibility index (Phi) is 8.81. The SMILES string of the molecule is CCCOCCOC(=O)CCOC1CCNCC1. The number of carbonyl (C=O) groups excluding carboxylic acids is 1. The van der Waals surface area contributed by atoms with Gasteiger partial charge in [-0.1, -0.05) is 6.92 Å². The summed E-state index contributed by atoms with van der Waals surface area (Å²) < 4.78 is 15.9. The number of rotatable bonds is 9. The van der Waals surface area contributed by atoms with E-state index in [4.69, 9.17) is 14.2 Å². The topological polar surface area (TPSA) is 56.8 Å². The molecule has 1 aliphatic heterocycles. The fourth-order valence-electron chi connectivity index (χ4n) is 1.80. The van der Waals surface area contributed by atoms with Crippen molar-refractivity contribution in [3.05, 3.63) is 0 Å². The van der Waals surface area contributed by atoms with Crippen LogP contribution in [0.15, 0.2) is 0 Å². The molecule has 0 atom stereocenters. The Morgan fingerprint density at radius 1 is 1.17 bits per heavy atom. The molecule has 0 spiro atoms. The predicted molar refractivity (Wildman–Crippen MR) is 68.5 cm³/mol. The standard InChI is InChI=1S/C13H25NO4/c1-2-8-16-10-11-18-13(15)5-9-17-12-3-6-14-7-4-12/h12,14H,2-11H2,1H3. The average molecular weight is 259 g/mol. The lowest BCUT2D eigenvalue weighted by atomic mass is 10.1. The fourth-order valence-corrected chi connectivity index (χ4v) is 1.80. The molecule has 0 aromatic heterocycles. The van der Waals surface area contributed by atoms with Crippen molar-refractivity contribution < 1.29 is 19.0 Å². The lowest BCUT2D eigenvalue weighted by molar-refractivity contribution is -0.147. The first kappa shape index (κ1) is 15.4. The van der Waals surface area contributed by atoms with Crippen molar-refractivity contribution in [2.45, 2.75) is 38.7 Å². The van der Waals surface area contributed by atoms with Gasteiger partial charge < -0.3 is 19.5 Å². The van der Waals surface area contributed by atoms with E-state index in [1.54, 1.807) is 0 Å². The maximum Gasteiger partial charge on any atom is 0.308 e. The first-order chi connectivity index (χ1) is 8.83. The molecule has 18 heavy (non-hydrogen) atoms. The fraction of sp³-hybridized carbons (Fsp3) is 0.923. The van der Waals surface area contributed by atoms with Crippen LogP contribution < -0.4 is 5.32 Å². The molecule has 0 amide bonds. The largest absolute Gasteiger partial charge is 0.463 e. The number of hydrogen-bond acceptors (Lipinski definition) is 5. The van der Waals surface area contributed by atoms with Gasteiger partial charge in [0.05, 0.1) is 25.7 Å². The van der Waals surface area contributed by atoms with Gasteiger partial charge in [0.2, 0.25) is 0 Å². The van der Waals surface area contributed by atoms with Gasteiger partial charge in [0, 0.05) is 6.61 Å². The summed E-state index contributed by atoms with van der Waals surface area (Å²) in [7, 11) is 0. The second-order valence-electron chi connectivity index (χ2n) is 4.40. The van der Waals surface area contributed by atoms with Gasteiger partial charge in [0.25, 0.3) is 0 Å². The Morgan fingerprint density at radius 3 is 2.67 bits per heavy atom. The van der Waals surface area contributed by atoms with Crippen LogP contribution in [0.1, 0.15) is 32.6 Å². The molecule has 0 bridgehead atoms. The second-order valence-corrected chi connectivity index (χ2v) is 4.40. The van der Waals surface area contributed by atoms with Crippen molar-refractivity contribution in [3.63, 3.8) is 0 Å². The normalized spacial score (nSPS) is 16.7. The first-order valence-corrected chi connectivity index (χ1v) is 6.88. The molecule has 1 fully saturated rings. The molecule has 5 heteroatoms. The van der Waals surface area contributed by atoms with Gasteiger partial charge >= 0.3 is 5.97 Å². The van der Waals surface area contributed by atoms with Crippen LogP contribution in [0, 0.1) is 0 Å². The Morgan fingerprint density at radius 2 is 1.94 bits per heavy atom. The summed E-state index contributed by atoms with van der Waals surface area (Å²) in [5, 5.41) is 3.27. The highest BCUT2D eigenvalue weighted by atomic mass is 16.6. The van der Waals surface area contributed by atoms with Crippen LogP contribution in [0.3, 0.4) is 0 Å². The van der Waals surface area contributed by atoms with E-state index >= 15 is 0 Å². The Balaban J connectivity index is 1.89. The van der Waals surface area contributed by atoms with E-state index in [2.05, 4.69) is 5.32 Å². The highest BCUT2D eigenvalue weighted by Crippen LogP contribution is 2.07. The van der Waals surface area contributed by atoms with E-state index in [0.717, 1.165) is 39.0 Å². The van der Waals surface area contributed by atoms with Crippen molar-refractivity contribution >= 4 is 5.97 Å². The molecule has 0 saturated carbocycles. The zero-order valence-electron chi connectivity index (χ0n) is 11.3. The second kappa shape index (κ2) is 10.3. The summed E-state index contributed by atoms with van der Waals surface area (Å²) in [5.74, 6) is -0.205. The van der Waals surface area contributed by atoms with E-state index in [9.17, 15) is 4.79 Å². The van der Waals surface area contributed by atoms with Crippen LogP contribution in [0.5, 0.6) is 0 Å². The molecule has 1 N–H and O–H groups in total. The van der Waals surface area contributed by atoms with Crippen molar-refractivity contribution in [2.75, 3.05) is 39.5 Å². The monoisotopic (exact) mass is 259 g/mol. The smallest absolute Gasteiger partial charge is 0.308 e. The summed E-state index contributed by atoms with van der Waals surface area (Å²) in [5.41, 5.74) is 0. The minimum Gasteiger partial charge on any atom is -0.463 e. The number of ether oxygens (including phenoxy) is 3. The van der Waals surface area contributed by atoms with Crippen LogP contribution in [0.4, 0.5) is 0 Å². The molecular weight excluding hydrogens is 234 g/mol.